The summed E-state index contributed by atoms with van der Waals surface area (Å²) in [6.07, 6.45) is 3.38. The molecule has 0 saturated heterocycles. The van der Waals surface area contributed by atoms with Crippen LogP contribution in [0.15, 0.2) is 30.6 Å². The van der Waals surface area contributed by atoms with Crippen LogP contribution in [0.5, 0.6) is 0 Å². The van der Waals surface area contributed by atoms with Gasteiger partial charge >= 0.3 is 6.03 Å². The van der Waals surface area contributed by atoms with Gasteiger partial charge < -0.3 is 10.6 Å². The highest BCUT2D eigenvalue weighted by molar-refractivity contribution is 6.00. The molecule has 22 heavy (non-hydrogen) atoms. The third-order valence-electron chi connectivity index (χ3n) is 3.14. The molecule has 0 saturated carbocycles. The first-order chi connectivity index (χ1) is 10.3. The Kier molecular flexibility index (Phi) is 4.18. The molecule has 0 aliphatic heterocycles. The first-order valence-corrected chi connectivity index (χ1v) is 6.93. The van der Waals surface area contributed by atoms with Crippen LogP contribution in [0.3, 0.4) is 0 Å². The van der Waals surface area contributed by atoms with E-state index in [0.29, 0.717) is 16.9 Å². The average Bonchev–Trinajstić information content (AvgIpc) is 2.89. The van der Waals surface area contributed by atoms with Crippen LogP contribution in [0.25, 0.3) is 0 Å². The predicted molar refractivity (Wildman–Crippen MR) is 85.8 cm³/mol. The van der Waals surface area contributed by atoms with Gasteiger partial charge in [0.15, 0.2) is 0 Å². The molecule has 2 aromatic rings. The molecule has 0 fully saturated rings. The lowest BCUT2D eigenvalue weighted by molar-refractivity contribution is 0.262. The highest BCUT2D eigenvalue weighted by Crippen LogP contribution is 2.18. The van der Waals surface area contributed by atoms with Crippen LogP contribution in [-0.4, -0.2) is 15.8 Å². The molecule has 0 spiro atoms. The lowest BCUT2D eigenvalue weighted by atomic mass is 10.1. The zero-order chi connectivity index (χ0) is 16.3. The van der Waals surface area contributed by atoms with Crippen molar-refractivity contribution in [1.29, 1.82) is 5.26 Å². The van der Waals surface area contributed by atoms with E-state index in [0.717, 1.165) is 5.56 Å². The van der Waals surface area contributed by atoms with Crippen LogP contribution < -0.4 is 10.6 Å². The number of benzene rings is 1. The monoisotopic (exact) mass is 297 g/mol. The molecule has 2 rings (SSSR count). The second-order valence-electron chi connectivity index (χ2n) is 6.07. The molecule has 0 aliphatic rings. The van der Waals surface area contributed by atoms with Gasteiger partial charge in [0.2, 0.25) is 0 Å². The van der Waals surface area contributed by atoms with Crippen LogP contribution in [0.2, 0.25) is 0 Å². The zero-order valence-electron chi connectivity index (χ0n) is 13.1. The number of nitrogens with one attached hydrogen (secondary N) is 2. The lowest BCUT2D eigenvalue weighted by Gasteiger charge is -2.18. The second-order valence-corrected chi connectivity index (χ2v) is 6.07. The molecule has 2 amide bonds. The Morgan fingerprint density at radius 1 is 1.32 bits per heavy atom. The Morgan fingerprint density at radius 2 is 2.05 bits per heavy atom. The van der Waals surface area contributed by atoms with Gasteiger partial charge in [-0.1, -0.05) is 6.07 Å². The molecule has 0 radical (unpaired) electrons. The number of carbonyl (C=O) groups excluding carboxylic acids is 1. The van der Waals surface area contributed by atoms with Crippen molar-refractivity contribution < 1.29 is 4.79 Å². The molecule has 6 heteroatoms. The summed E-state index contributed by atoms with van der Waals surface area (Å²) < 4.78 is 1.78. The number of rotatable bonds is 2. The van der Waals surface area contributed by atoms with Crippen molar-refractivity contribution in [1.82, 2.24) is 9.78 Å². The van der Waals surface area contributed by atoms with E-state index in [1.54, 1.807) is 35.3 Å². The molecule has 2 N–H and O–H groups in total. The molecule has 1 heterocycles. The summed E-state index contributed by atoms with van der Waals surface area (Å²) in [6.45, 7) is 7.95. The number of aryl methyl sites for hydroxylation is 1. The molecule has 0 aliphatic carbocycles. The van der Waals surface area contributed by atoms with Crippen molar-refractivity contribution in [2.75, 3.05) is 10.6 Å². The van der Waals surface area contributed by atoms with Crippen LogP contribution in [0, 0.1) is 18.3 Å². The number of nitrogens with zero attached hydrogens (tertiary/aromatic N) is 3. The van der Waals surface area contributed by atoms with E-state index >= 15 is 0 Å². The maximum absolute atomic E-state index is 12.1. The van der Waals surface area contributed by atoms with Gasteiger partial charge in [-0.25, -0.2) is 4.79 Å². The normalized spacial score (nSPS) is 10.9. The fourth-order valence-electron chi connectivity index (χ4n) is 1.87. The van der Waals surface area contributed by atoms with E-state index in [1.807, 2.05) is 27.7 Å². The Balaban J connectivity index is 2.08. The number of anilines is 2. The molecule has 1 aromatic carbocycles. The minimum absolute atomic E-state index is 0.145. The summed E-state index contributed by atoms with van der Waals surface area (Å²) in [5.41, 5.74) is 2.47. The van der Waals surface area contributed by atoms with Crippen LogP contribution in [0.4, 0.5) is 16.2 Å². The summed E-state index contributed by atoms with van der Waals surface area (Å²) in [7, 11) is 0. The van der Waals surface area contributed by atoms with Crippen molar-refractivity contribution in [3.05, 3.63) is 41.7 Å². The first kappa shape index (κ1) is 15.6. The third kappa shape index (κ3) is 3.64. The third-order valence-corrected chi connectivity index (χ3v) is 3.14. The largest absolute Gasteiger partial charge is 0.323 e. The highest BCUT2D eigenvalue weighted by atomic mass is 16.2. The van der Waals surface area contributed by atoms with Crippen molar-refractivity contribution >= 4 is 17.4 Å². The molecule has 1 aromatic heterocycles. The summed E-state index contributed by atoms with van der Waals surface area (Å²) in [5, 5.41) is 18.6. The number of hydrogen-bond donors (Lipinski definition) is 2. The second kappa shape index (κ2) is 5.90. The van der Waals surface area contributed by atoms with Crippen LogP contribution in [0.1, 0.15) is 31.9 Å². The highest BCUT2D eigenvalue weighted by Gasteiger charge is 2.15. The summed E-state index contributed by atoms with van der Waals surface area (Å²) in [5.74, 6) is 0. The van der Waals surface area contributed by atoms with Crippen LogP contribution >= 0.6 is 0 Å². The molecule has 0 bridgehead atoms. The predicted octanol–water partition coefficient (Wildman–Crippen LogP) is 3.46. The quantitative estimate of drug-likeness (QED) is 0.890. The van der Waals surface area contributed by atoms with Crippen LogP contribution in [-0.2, 0) is 5.54 Å². The maximum Gasteiger partial charge on any atom is 0.323 e. The van der Waals surface area contributed by atoms with E-state index < -0.39 is 0 Å². The van der Waals surface area contributed by atoms with Crippen molar-refractivity contribution in [3.8, 4) is 6.07 Å². The van der Waals surface area contributed by atoms with E-state index in [1.165, 1.54) is 0 Å². The minimum atomic E-state index is -0.369. The zero-order valence-corrected chi connectivity index (χ0v) is 13.1. The Hall–Kier alpha value is -2.81. The van der Waals surface area contributed by atoms with Crippen molar-refractivity contribution in [2.45, 2.75) is 33.2 Å². The fraction of sp³-hybridized carbons (Fsp3) is 0.312. The first-order valence-electron chi connectivity index (χ1n) is 6.93. The van der Waals surface area contributed by atoms with Gasteiger partial charge in [0.1, 0.15) is 0 Å². The van der Waals surface area contributed by atoms with E-state index in [2.05, 4.69) is 21.8 Å². The number of urea groups is 1. The average molecular weight is 297 g/mol. The van der Waals surface area contributed by atoms with Gasteiger partial charge in [0.25, 0.3) is 0 Å². The Morgan fingerprint density at radius 3 is 2.64 bits per heavy atom. The van der Waals surface area contributed by atoms with Gasteiger partial charge in [-0.05, 0) is 45.4 Å². The smallest absolute Gasteiger partial charge is 0.307 e. The fourth-order valence-corrected chi connectivity index (χ4v) is 1.87. The maximum atomic E-state index is 12.1. The number of carbonyl (C=O) groups is 1. The van der Waals surface area contributed by atoms with Gasteiger partial charge in [0, 0.05) is 11.9 Å². The van der Waals surface area contributed by atoms with Crippen molar-refractivity contribution in [3.63, 3.8) is 0 Å². The van der Waals surface area contributed by atoms with E-state index in [4.69, 9.17) is 5.26 Å². The summed E-state index contributed by atoms with van der Waals surface area (Å²) in [6, 6.07) is 6.84. The summed E-state index contributed by atoms with van der Waals surface area (Å²) in [4.78, 5) is 12.1. The summed E-state index contributed by atoms with van der Waals surface area (Å²) >= 11 is 0. The Bertz CT molecular complexity index is 734. The lowest BCUT2D eigenvalue weighted by Crippen LogP contribution is -2.22. The molecule has 0 unspecified atom stereocenters. The van der Waals surface area contributed by atoms with E-state index in [-0.39, 0.29) is 11.6 Å². The SMILES string of the molecule is Cc1ccc(C#N)cc1NC(=O)Nc1cnn(C(C)(C)C)c1. The van der Waals surface area contributed by atoms with Gasteiger partial charge in [-0.15, -0.1) is 0 Å². The standard InChI is InChI=1S/C16H19N5O/c1-11-5-6-12(8-17)7-14(11)20-15(22)19-13-9-18-21(10-13)16(2,3)4/h5-7,9-10H,1-4H3,(H2,19,20,22). The molecular weight excluding hydrogens is 278 g/mol. The van der Waals surface area contributed by atoms with Gasteiger partial charge in [-0.2, -0.15) is 10.4 Å². The Labute approximate surface area is 129 Å². The number of hydrogen-bond acceptors (Lipinski definition) is 3. The van der Waals surface area contributed by atoms with E-state index in [9.17, 15) is 4.79 Å². The number of nitriles is 1. The van der Waals surface area contributed by atoms with Gasteiger partial charge in [-0.3, -0.25) is 4.68 Å². The molecule has 114 valence electrons. The number of amides is 2. The van der Waals surface area contributed by atoms with Crippen molar-refractivity contribution in [2.24, 2.45) is 0 Å². The van der Waals surface area contributed by atoms with Gasteiger partial charge in [0.05, 0.1) is 29.1 Å². The molecular formula is C16H19N5O. The topological polar surface area (TPSA) is 82.7 Å². The molecule has 0 atom stereocenters. The minimum Gasteiger partial charge on any atom is -0.307 e. The number of aromatic nitrogens is 2. The molecule has 6 nitrogen and oxygen atoms in total.